The molecular formula is C13H16N2O4. The minimum atomic E-state index is -0.918. The van der Waals surface area contributed by atoms with Crippen molar-refractivity contribution >= 4 is 17.3 Å². The molecule has 2 rings (SSSR count). The molecule has 0 heterocycles. The van der Waals surface area contributed by atoms with Crippen LogP contribution in [0.25, 0.3) is 0 Å². The second kappa shape index (κ2) is 5.69. The minimum absolute atomic E-state index is 0.00844. The predicted octanol–water partition coefficient (Wildman–Crippen LogP) is 2.43. The van der Waals surface area contributed by atoms with Crippen LogP contribution in [0.5, 0.6) is 0 Å². The fourth-order valence-corrected chi connectivity index (χ4v) is 2.58. The second-order valence-corrected chi connectivity index (χ2v) is 4.74. The normalized spacial score (nSPS) is 15.4. The minimum Gasteiger partial charge on any atom is -0.480 e. The van der Waals surface area contributed by atoms with Crippen molar-refractivity contribution in [3.05, 3.63) is 34.4 Å². The van der Waals surface area contributed by atoms with E-state index in [1.54, 1.807) is 17.0 Å². The Morgan fingerprint density at radius 3 is 2.68 bits per heavy atom. The molecule has 1 aromatic carbocycles. The smallest absolute Gasteiger partial charge is 0.323 e. The zero-order chi connectivity index (χ0) is 13.8. The SMILES string of the molecule is O=C(O)CN(c1cccc([N+](=O)[O-])c1)C1CCCC1. The summed E-state index contributed by atoms with van der Waals surface area (Å²) in [5, 5.41) is 19.8. The number of carboxylic acids is 1. The van der Waals surface area contributed by atoms with Crippen molar-refractivity contribution in [3.63, 3.8) is 0 Å². The number of benzene rings is 1. The van der Waals surface area contributed by atoms with Crippen LogP contribution in [-0.4, -0.2) is 28.6 Å². The number of hydrogen-bond acceptors (Lipinski definition) is 4. The molecule has 0 radical (unpaired) electrons. The second-order valence-electron chi connectivity index (χ2n) is 4.74. The summed E-state index contributed by atoms with van der Waals surface area (Å²) in [7, 11) is 0. The first kappa shape index (κ1) is 13.3. The van der Waals surface area contributed by atoms with Gasteiger partial charge < -0.3 is 10.0 Å². The van der Waals surface area contributed by atoms with Crippen LogP contribution in [0.15, 0.2) is 24.3 Å². The number of anilines is 1. The number of hydrogen-bond donors (Lipinski definition) is 1. The largest absolute Gasteiger partial charge is 0.480 e. The molecule has 0 bridgehead atoms. The maximum Gasteiger partial charge on any atom is 0.323 e. The lowest BCUT2D eigenvalue weighted by Gasteiger charge is -2.29. The molecule has 0 aromatic heterocycles. The quantitative estimate of drug-likeness (QED) is 0.652. The summed E-state index contributed by atoms with van der Waals surface area (Å²) in [6.45, 7) is -0.119. The lowest BCUT2D eigenvalue weighted by Crippen LogP contribution is -2.37. The van der Waals surface area contributed by atoms with Crippen molar-refractivity contribution in [3.8, 4) is 0 Å². The van der Waals surface area contributed by atoms with Gasteiger partial charge in [0.15, 0.2) is 0 Å². The molecule has 1 saturated carbocycles. The van der Waals surface area contributed by atoms with Gasteiger partial charge in [0.1, 0.15) is 6.54 Å². The fourth-order valence-electron chi connectivity index (χ4n) is 2.58. The van der Waals surface area contributed by atoms with Gasteiger partial charge in [-0.25, -0.2) is 0 Å². The summed E-state index contributed by atoms with van der Waals surface area (Å²) in [6, 6.07) is 6.35. The van der Waals surface area contributed by atoms with Crippen molar-refractivity contribution in [1.29, 1.82) is 0 Å². The number of nitro benzene ring substituents is 1. The highest BCUT2D eigenvalue weighted by molar-refractivity contribution is 5.74. The summed E-state index contributed by atoms with van der Waals surface area (Å²) in [6.07, 6.45) is 4.04. The van der Waals surface area contributed by atoms with Gasteiger partial charge in [-0.3, -0.25) is 14.9 Å². The Balaban J connectivity index is 2.28. The van der Waals surface area contributed by atoms with Gasteiger partial charge in [-0.15, -0.1) is 0 Å². The molecule has 0 amide bonds. The predicted molar refractivity (Wildman–Crippen MR) is 70.3 cm³/mol. The van der Waals surface area contributed by atoms with Crippen molar-refractivity contribution in [1.82, 2.24) is 0 Å². The highest BCUT2D eigenvalue weighted by atomic mass is 16.6. The van der Waals surface area contributed by atoms with Crippen LogP contribution in [0.3, 0.4) is 0 Å². The Morgan fingerprint density at radius 1 is 1.42 bits per heavy atom. The Labute approximate surface area is 110 Å². The average molecular weight is 264 g/mol. The van der Waals surface area contributed by atoms with E-state index in [2.05, 4.69) is 0 Å². The maximum absolute atomic E-state index is 11.0. The van der Waals surface area contributed by atoms with Crippen LogP contribution >= 0.6 is 0 Å². The highest BCUT2D eigenvalue weighted by Gasteiger charge is 2.25. The van der Waals surface area contributed by atoms with Crippen LogP contribution in [0, 0.1) is 10.1 Å². The molecule has 1 N–H and O–H groups in total. The van der Waals surface area contributed by atoms with E-state index in [9.17, 15) is 14.9 Å². The van der Waals surface area contributed by atoms with Crippen molar-refractivity contribution in [2.45, 2.75) is 31.7 Å². The summed E-state index contributed by atoms with van der Waals surface area (Å²) >= 11 is 0. The molecule has 0 saturated heterocycles. The first-order valence-corrected chi connectivity index (χ1v) is 6.31. The van der Waals surface area contributed by atoms with E-state index in [1.165, 1.54) is 12.1 Å². The van der Waals surface area contributed by atoms with E-state index < -0.39 is 10.9 Å². The van der Waals surface area contributed by atoms with E-state index >= 15 is 0 Å². The lowest BCUT2D eigenvalue weighted by molar-refractivity contribution is -0.384. The molecule has 1 fully saturated rings. The number of nitrogens with zero attached hydrogens (tertiary/aromatic N) is 2. The van der Waals surface area contributed by atoms with Crippen molar-refractivity contribution in [2.24, 2.45) is 0 Å². The maximum atomic E-state index is 11.0. The van der Waals surface area contributed by atoms with Crippen molar-refractivity contribution < 1.29 is 14.8 Å². The molecule has 6 nitrogen and oxygen atoms in total. The van der Waals surface area contributed by atoms with Gasteiger partial charge in [0.2, 0.25) is 0 Å². The molecular weight excluding hydrogens is 248 g/mol. The van der Waals surface area contributed by atoms with Crippen LogP contribution in [-0.2, 0) is 4.79 Å². The molecule has 0 spiro atoms. The number of carbonyl (C=O) groups is 1. The van der Waals surface area contributed by atoms with Gasteiger partial charge in [-0.1, -0.05) is 18.9 Å². The summed E-state index contributed by atoms with van der Waals surface area (Å²) in [4.78, 5) is 23.1. The van der Waals surface area contributed by atoms with Gasteiger partial charge in [0.25, 0.3) is 5.69 Å². The number of carboxylic acid groups (broad SMARTS) is 1. The van der Waals surface area contributed by atoms with Gasteiger partial charge in [0.05, 0.1) is 4.92 Å². The summed E-state index contributed by atoms with van der Waals surface area (Å²) in [5.74, 6) is -0.918. The third-order valence-corrected chi connectivity index (χ3v) is 3.44. The average Bonchev–Trinajstić information content (AvgIpc) is 2.89. The monoisotopic (exact) mass is 264 g/mol. The number of non-ortho nitro benzene ring substituents is 1. The topological polar surface area (TPSA) is 83.7 Å². The van der Waals surface area contributed by atoms with E-state index in [-0.39, 0.29) is 18.3 Å². The standard InChI is InChI=1S/C13H16N2O4/c16-13(17)9-14(10-4-1-2-5-10)11-6-3-7-12(8-11)15(18)19/h3,6-8,10H,1-2,4-5,9H2,(H,16,17). The molecule has 1 aliphatic carbocycles. The van der Waals surface area contributed by atoms with E-state index in [4.69, 9.17) is 5.11 Å². The van der Waals surface area contributed by atoms with E-state index in [0.717, 1.165) is 25.7 Å². The zero-order valence-corrected chi connectivity index (χ0v) is 10.5. The highest BCUT2D eigenvalue weighted by Crippen LogP contribution is 2.29. The van der Waals surface area contributed by atoms with Crippen LogP contribution in [0.4, 0.5) is 11.4 Å². The van der Waals surface area contributed by atoms with Crippen LogP contribution < -0.4 is 4.90 Å². The molecule has 0 atom stereocenters. The van der Waals surface area contributed by atoms with E-state index in [1.807, 2.05) is 0 Å². The molecule has 19 heavy (non-hydrogen) atoms. The summed E-state index contributed by atoms with van der Waals surface area (Å²) in [5.41, 5.74) is 0.606. The number of nitro groups is 1. The fraction of sp³-hybridized carbons (Fsp3) is 0.462. The van der Waals surface area contributed by atoms with Gasteiger partial charge in [-0.05, 0) is 18.9 Å². The van der Waals surface area contributed by atoms with Crippen LogP contribution in [0.2, 0.25) is 0 Å². The Kier molecular flexibility index (Phi) is 3.99. The number of aliphatic carboxylic acids is 1. The Hall–Kier alpha value is -2.11. The first-order chi connectivity index (χ1) is 9.08. The summed E-state index contributed by atoms with van der Waals surface area (Å²) < 4.78 is 0. The molecule has 6 heteroatoms. The molecule has 0 aliphatic heterocycles. The van der Waals surface area contributed by atoms with Crippen LogP contribution in [0.1, 0.15) is 25.7 Å². The molecule has 1 aromatic rings. The Bertz CT molecular complexity index is 483. The van der Waals surface area contributed by atoms with Crippen molar-refractivity contribution in [2.75, 3.05) is 11.4 Å². The van der Waals surface area contributed by atoms with Gasteiger partial charge in [-0.2, -0.15) is 0 Å². The van der Waals surface area contributed by atoms with E-state index in [0.29, 0.717) is 5.69 Å². The van der Waals surface area contributed by atoms with Gasteiger partial charge in [0, 0.05) is 23.9 Å². The molecule has 0 unspecified atom stereocenters. The lowest BCUT2D eigenvalue weighted by atomic mass is 10.1. The zero-order valence-electron chi connectivity index (χ0n) is 10.5. The molecule has 102 valence electrons. The first-order valence-electron chi connectivity index (χ1n) is 6.31. The Morgan fingerprint density at radius 2 is 2.11 bits per heavy atom. The van der Waals surface area contributed by atoms with Gasteiger partial charge >= 0.3 is 5.97 Å². The number of rotatable bonds is 5. The molecule has 1 aliphatic rings. The third-order valence-electron chi connectivity index (χ3n) is 3.44. The third kappa shape index (κ3) is 3.21.